The zero-order valence-corrected chi connectivity index (χ0v) is 21.7. The van der Waals surface area contributed by atoms with Gasteiger partial charge < -0.3 is 5.73 Å². The summed E-state index contributed by atoms with van der Waals surface area (Å²) >= 11 is 0. The number of allylic oxidation sites excluding steroid dienone is 1. The molecule has 35 heavy (non-hydrogen) atoms. The number of benzene rings is 3. The molecule has 5 rings (SSSR count). The molecule has 2 aliphatic rings. The second-order valence-corrected chi connectivity index (χ2v) is 11.7. The van der Waals surface area contributed by atoms with E-state index in [1.54, 1.807) is 0 Å². The summed E-state index contributed by atoms with van der Waals surface area (Å²) in [6.07, 6.45) is 6.76. The monoisotopic (exact) mass is 463 g/mol. The van der Waals surface area contributed by atoms with Crippen molar-refractivity contribution in [2.75, 3.05) is 6.54 Å². The number of aliphatic imine (C=N–C) groups is 1. The van der Waals surface area contributed by atoms with Crippen LogP contribution in [0.5, 0.6) is 0 Å². The average molecular weight is 464 g/mol. The van der Waals surface area contributed by atoms with Crippen LogP contribution in [-0.2, 0) is 6.42 Å². The van der Waals surface area contributed by atoms with Gasteiger partial charge in [0.2, 0.25) is 0 Å². The topological polar surface area (TPSA) is 62.2 Å². The van der Waals surface area contributed by atoms with Crippen LogP contribution >= 0.6 is 0 Å². The minimum Gasteiger partial charge on any atom is -0.384 e. The molecule has 1 aliphatic carbocycles. The summed E-state index contributed by atoms with van der Waals surface area (Å²) in [6.45, 7) is 12.1. The lowest BCUT2D eigenvalue weighted by molar-refractivity contribution is 0.547. The predicted octanol–water partition coefficient (Wildman–Crippen LogP) is 7.46. The Balaban J connectivity index is 1.51. The van der Waals surface area contributed by atoms with E-state index in [1.165, 1.54) is 45.3 Å². The lowest BCUT2D eigenvalue weighted by Crippen LogP contribution is -2.18. The maximum absolute atomic E-state index is 7.88. The van der Waals surface area contributed by atoms with Crippen LogP contribution in [0.25, 0.3) is 16.8 Å². The van der Waals surface area contributed by atoms with E-state index in [9.17, 15) is 0 Å². The number of nitrogens with zero attached hydrogens (tertiary/aromatic N) is 1. The Kier molecular flexibility index (Phi) is 5.91. The van der Waals surface area contributed by atoms with Gasteiger partial charge in [-0.3, -0.25) is 10.4 Å². The summed E-state index contributed by atoms with van der Waals surface area (Å²) < 4.78 is 0. The molecule has 1 saturated carbocycles. The van der Waals surface area contributed by atoms with E-state index < -0.39 is 0 Å². The Morgan fingerprint density at radius 1 is 1.03 bits per heavy atom. The minimum absolute atomic E-state index is 0.0986. The van der Waals surface area contributed by atoms with Gasteiger partial charge in [-0.2, -0.15) is 0 Å². The Hall–Kier alpha value is -3.20. The van der Waals surface area contributed by atoms with Crippen molar-refractivity contribution < 1.29 is 0 Å². The predicted molar refractivity (Wildman–Crippen MR) is 150 cm³/mol. The van der Waals surface area contributed by atoms with Crippen molar-refractivity contribution in [3.8, 4) is 0 Å². The molecule has 0 bridgehead atoms. The van der Waals surface area contributed by atoms with Crippen molar-refractivity contribution in [1.82, 2.24) is 0 Å². The molecule has 3 nitrogen and oxygen atoms in total. The number of nitrogen functional groups attached to an aromatic ring is 1. The van der Waals surface area contributed by atoms with E-state index in [0.717, 1.165) is 23.9 Å². The number of nitrogens with one attached hydrogen (secondary N) is 1. The van der Waals surface area contributed by atoms with Gasteiger partial charge in [0.05, 0.1) is 0 Å². The lowest BCUT2D eigenvalue weighted by Gasteiger charge is -2.20. The second-order valence-electron chi connectivity index (χ2n) is 11.7. The van der Waals surface area contributed by atoms with Crippen LogP contribution in [-0.4, -0.2) is 18.1 Å². The van der Waals surface area contributed by atoms with Crippen LogP contribution < -0.4 is 5.73 Å². The summed E-state index contributed by atoms with van der Waals surface area (Å²) in [4.78, 5) is 4.86. The molecule has 0 aromatic heterocycles. The van der Waals surface area contributed by atoms with Crippen molar-refractivity contribution in [3.05, 3.63) is 88.0 Å². The first kappa shape index (κ1) is 23.5. The molecule has 2 unspecified atom stereocenters. The van der Waals surface area contributed by atoms with Crippen molar-refractivity contribution in [1.29, 1.82) is 5.41 Å². The quantitative estimate of drug-likeness (QED) is 0.299. The SMILES string of the molecule is CC(C)C1=NCCc2ccc(C3CC3c3cc(/C=C/C(C)(C)C)c4cc(C(=N)N)ccc4c3)cc21. The van der Waals surface area contributed by atoms with Crippen LogP contribution in [0.15, 0.2) is 59.6 Å². The third kappa shape index (κ3) is 4.82. The summed E-state index contributed by atoms with van der Waals surface area (Å²) in [6, 6.07) is 18.0. The number of amidine groups is 1. The summed E-state index contributed by atoms with van der Waals surface area (Å²) in [5, 5.41) is 10.3. The van der Waals surface area contributed by atoms with Gasteiger partial charge in [-0.1, -0.05) is 83.2 Å². The van der Waals surface area contributed by atoms with Crippen molar-refractivity contribution >= 4 is 28.4 Å². The van der Waals surface area contributed by atoms with E-state index in [2.05, 4.69) is 89.2 Å². The van der Waals surface area contributed by atoms with Crippen LogP contribution in [0, 0.1) is 16.7 Å². The zero-order valence-electron chi connectivity index (χ0n) is 21.7. The average Bonchev–Trinajstić information content (AvgIpc) is 3.61. The molecule has 3 aromatic carbocycles. The van der Waals surface area contributed by atoms with Crippen LogP contribution in [0.4, 0.5) is 0 Å². The molecule has 0 radical (unpaired) electrons. The molecule has 180 valence electrons. The molecular weight excluding hydrogens is 426 g/mol. The highest BCUT2D eigenvalue weighted by Crippen LogP contribution is 2.55. The fourth-order valence-corrected chi connectivity index (χ4v) is 5.36. The molecule has 1 heterocycles. The molecule has 3 aromatic rings. The Bertz CT molecular complexity index is 1370. The highest BCUT2D eigenvalue weighted by Gasteiger charge is 2.40. The third-order valence-electron chi connectivity index (χ3n) is 7.35. The van der Waals surface area contributed by atoms with Crippen LogP contribution in [0.1, 0.15) is 86.3 Å². The third-order valence-corrected chi connectivity index (χ3v) is 7.35. The summed E-state index contributed by atoms with van der Waals surface area (Å²) in [5.74, 6) is 1.66. The van der Waals surface area contributed by atoms with Gasteiger partial charge >= 0.3 is 0 Å². The number of fused-ring (bicyclic) bond motifs is 2. The smallest absolute Gasteiger partial charge is 0.122 e. The van der Waals surface area contributed by atoms with Gasteiger partial charge in [0.15, 0.2) is 0 Å². The van der Waals surface area contributed by atoms with Gasteiger partial charge in [-0.25, -0.2) is 0 Å². The minimum atomic E-state index is 0.0986. The molecule has 0 saturated heterocycles. The fourth-order valence-electron chi connectivity index (χ4n) is 5.36. The number of hydrogen-bond acceptors (Lipinski definition) is 2. The zero-order chi connectivity index (χ0) is 24.9. The first-order valence-electron chi connectivity index (χ1n) is 12.9. The molecule has 0 amide bonds. The largest absolute Gasteiger partial charge is 0.384 e. The first-order chi connectivity index (χ1) is 16.6. The van der Waals surface area contributed by atoms with Crippen LogP contribution in [0.2, 0.25) is 0 Å². The number of hydrogen-bond donors (Lipinski definition) is 2. The fraction of sp³-hybridized carbons (Fsp3) is 0.375. The highest BCUT2D eigenvalue weighted by atomic mass is 14.8. The summed E-state index contributed by atoms with van der Waals surface area (Å²) in [7, 11) is 0. The maximum Gasteiger partial charge on any atom is 0.122 e. The van der Waals surface area contributed by atoms with Gasteiger partial charge in [-0.15, -0.1) is 0 Å². The molecule has 2 atom stereocenters. The lowest BCUT2D eigenvalue weighted by atomic mass is 9.88. The van der Waals surface area contributed by atoms with Crippen molar-refractivity contribution in [3.63, 3.8) is 0 Å². The molecule has 1 aliphatic heterocycles. The standard InChI is InChI=1S/C32H37N3/c1-19(2)30-29-16-22(7-6-20(29)11-13-35-30)27-18-28(27)25-14-21-8-9-24(31(33)34)17-26(21)23(15-25)10-12-32(3,4)5/h6-10,12,14-17,19,27-28H,11,13,18H2,1-5H3,(H3,33,34)/b12-10+. The van der Waals surface area contributed by atoms with Crippen LogP contribution in [0.3, 0.4) is 0 Å². The van der Waals surface area contributed by atoms with Crippen molar-refractivity contribution in [2.45, 2.75) is 59.3 Å². The molecular formula is C32H37N3. The Labute approximate surface area is 209 Å². The Morgan fingerprint density at radius 2 is 1.80 bits per heavy atom. The Morgan fingerprint density at radius 3 is 2.51 bits per heavy atom. The maximum atomic E-state index is 7.88. The van der Waals surface area contributed by atoms with Crippen molar-refractivity contribution in [2.24, 2.45) is 22.1 Å². The first-order valence-corrected chi connectivity index (χ1v) is 12.9. The molecule has 3 N–H and O–H groups in total. The number of nitrogens with two attached hydrogens (primary N) is 1. The number of rotatable bonds is 5. The van der Waals surface area contributed by atoms with E-state index >= 15 is 0 Å². The molecule has 1 fully saturated rings. The van der Waals surface area contributed by atoms with E-state index in [4.69, 9.17) is 16.1 Å². The van der Waals surface area contributed by atoms with Gasteiger partial charge in [-0.05, 0) is 86.7 Å². The highest BCUT2D eigenvalue weighted by molar-refractivity contribution is 6.04. The van der Waals surface area contributed by atoms with E-state index in [1.807, 2.05) is 6.07 Å². The summed E-state index contributed by atoms with van der Waals surface area (Å²) in [5.41, 5.74) is 14.8. The molecule has 0 spiro atoms. The van der Waals surface area contributed by atoms with E-state index in [-0.39, 0.29) is 11.3 Å². The van der Waals surface area contributed by atoms with Gasteiger partial charge in [0.1, 0.15) is 5.84 Å². The second kappa shape index (κ2) is 8.78. The van der Waals surface area contributed by atoms with E-state index in [0.29, 0.717) is 17.8 Å². The van der Waals surface area contributed by atoms with Gasteiger partial charge in [0, 0.05) is 17.8 Å². The van der Waals surface area contributed by atoms with Gasteiger partial charge in [0.25, 0.3) is 0 Å². The molecule has 3 heteroatoms. The normalized spacial score (nSPS) is 19.8.